The predicted octanol–water partition coefficient (Wildman–Crippen LogP) is 2.85. The molecular weight excluding hydrogens is 199 g/mol. The van der Waals surface area contributed by atoms with E-state index in [1.54, 1.807) is 0 Å². The van der Waals surface area contributed by atoms with Crippen molar-refractivity contribution in [3.05, 3.63) is 39.7 Å². The molecule has 3 nitrogen and oxygen atoms in total. The zero-order valence-electron chi connectivity index (χ0n) is 7.13. The van der Waals surface area contributed by atoms with Crippen molar-refractivity contribution in [2.45, 2.75) is 12.8 Å². The van der Waals surface area contributed by atoms with E-state index in [4.69, 9.17) is 0 Å². The highest BCUT2D eigenvalue weighted by Gasteiger charge is 2.27. The monoisotopic (exact) mass is 205 g/mol. The highest BCUT2D eigenvalue weighted by atomic mass is 19.3. The lowest BCUT2D eigenvalue weighted by molar-refractivity contribution is -0.385. The van der Waals surface area contributed by atoms with Crippen molar-refractivity contribution in [2.24, 2.45) is 0 Å². The lowest BCUT2D eigenvalue weighted by atomic mass is 10.1. The molecule has 1 aromatic rings. The van der Waals surface area contributed by atoms with E-state index < -0.39 is 27.9 Å². The number of hydrogen-bond donors (Lipinski definition) is 0. The summed E-state index contributed by atoms with van der Waals surface area (Å²) >= 11 is 0. The molecule has 0 saturated heterocycles. The molecule has 0 aliphatic heterocycles. The second kappa shape index (κ2) is 3.28. The van der Waals surface area contributed by atoms with Crippen molar-refractivity contribution in [3.8, 4) is 0 Å². The Kier molecular flexibility index (Phi) is 2.46. The topological polar surface area (TPSA) is 43.1 Å². The molecule has 0 fully saturated rings. The van der Waals surface area contributed by atoms with Crippen LogP contribution in [0.2, 0.25) is 0 Å². The van der Waals surface area contributed by atoms with Gasteiger partial charge in [-0.15, -0.1) is 0 Å². The first-order chi connectivity index (χ1) is 6.30. The van der Waals surface area contributed by atoms with Crippen LogP contribution in [-0.2, 0) is 5.92 Å². The van der Waals surface area contributed by atoms with Crippen molar-refractivity contribution in [1.82, 2.24) is 0 Å². The van der Waals surface area contributed by atoms with Crippen LogP contribution in [-0.4, -0.2) is 4.92 Å². The van der Waals surface area contributed by atoms with Crippen molar-refractivity contribution in [1.29, 1.82) is 0 Å². The van der Waals surface area contributed by atoms with Gasteiger partial charge in [0.15, 0.2) is 0 Å². The average molecular weight is 205 g/mol. The van der Waals surface area contributed by atoms with E-state index >= 15 is 0 Å². The number of nitro benzene ring substituents is 1. The van der Waals surface area contributed by atoms with Crippen LogP contribution in [0.4, 0.5) is 18.9 Å². The SMILES string of the molecule is CC(F)(F)c1cc(F)cc([N+](=O)[O-])c1. The van der Waals surface area contributed by atoms with Gasteiger partial charge in [-0.1, -0.05) is 0 Å². The molecule has 0 aliphatic rings. The number of rotatable bonds is 2. The minimum absolute atomic E-state index is 0.547. The van der Waals surface area contributed by atoms with Crippen molar-refractivity contribution in [3.63, 3.8) is 0 Å². The fourth-order valence-corrected chi connectivity index (χ4v) is 0.933. The van der Waals surface area contributed by atoms with E-state index in [0.29, 0.717) is 25.1 Å². The second-order valence-electron chi connectivity index (χ2n) is 2.84. The number of nitrogens with zero attached hydrogens (tertiary/aromatic N) is 1. The predicted molar refractivity (Wildman–Crippen MR) is 42.6 cm³/mol. The number of alkyl halides is 2. The maximum atomic E-state index is 12.7. The number of halogens is 3. The van der Waals surface area contributed by atoms with E-state index in [0.717, 1.165) is 0 Å². The van der Waals surface area contributed by atoms with Gasteiger partial charge in [-0.3, -0.25) is 10.1 Å². The van der Waals surface area contributed by atoms with Gasteiger partial charge in [0, 0.05) is 18.6 Å². The Morgan fingerprint density at radius 1 is 1.36 bits per heavy atom. The Labute approximate surface area is 77.3 Å². The zero-order valence-corrected chi connectivity index (χ0v) is 7.13. The summed E-state index contributed by atoms with van der Waals surface area (Å²) in [5.41, 5.74) is -1.38. The molecular formula is C8H6F3NO2. The molecule has 76 valence electrons. The lowest BCUT2D eigenvalue weighted by Crippen LogP contribution is -2.08. The molecule has 0 aromatic heterocycles. The van der Waals surface area contributed by atoms with Crippen LogP contribution in [0, 0.1) is 15.9 Å². The molecule has 6 heteroatoms. The molecule has 0 radical (unpaired) electrons. The lowest BCUT2D eigenvalue weighted by Gasteiger charge is -2.09. The Balaban J connectivity index is 3.28. The Hall–Kier alpha value is -1.59. The van der Waals surface area contributed by atoms with Crippen molar-refractivity contribution < 1.29 is 18.1 Å². The van der Waals surface area contributed by atoms with Gasteiger partial charge >= 0.3 is 0 Å². The van der Waals surface area contributed by atoms with E-state index in [-0.39, 0.29) is 0 Å². The first kappa shape index (κ1) is 10.5. The van der Waals surface area contributed by atoms with Crippen LogP contribution < -0.4 is 0 Å². The third-order valence-corrected chi connectivity index (χ3v) is 1.60. The van der Waals surface area contributed by atoms with Gasteiger partial charge in [0.05, 0.1) is 11.0 Å². The zero-order chi connectivity index (χ0) is 10.9. The first-order valence-electron chi connectivity index (χ1n) is 3.64. The number of nitro groups is 1. The van der Waals surface area contributed by atoms with Gasteiger partial charge in [-0.25, -0.2) is 13.2 Å². The van der Waals surface area contributed by atoms with E-state index in [1.807, 2.05) is 0 Å². The summed E-state index contributed by atoms with van der Waals surface area (Å²) in [6.07, 6.45) is 0. The molecule has 0 atom stereocenters. The van der Waals surface area contributed by atoms with Crippen LogP contribution in [0.1, 0.15) is 12.5 Å². The Bertz CT molecular complexity index is 373. The standard InChI is InChI=1S/C8H6F3NO2/c1-8(10,11)5-2-6(9)4-7(3-5)12(13)14/h2-4H,1H3. The maximum absolute atomic E-state index is 12.7. The van der Waals surface area contributed by atoms with Gasteiger partial charge in [-0.2, -0.15) is 0 Å². The normalized spacial score (nSPS) is 11.4. The molecule has 14 heavy (non-hydrogen) atoms. The molecule has 0 aliphatic carbocycles. The van der Waals surface area contributed by atoms with Crippen LogP contribution in [0.5, 0.6) is 0 Å². The average Bonchev–Trinajstić information content (AvgIpc) is 2.01. The minimum atomic E-state index is -3.28. The minimum Gasteiger partial charge on any atom is -0.258 e. The van der Waals surface area contributed by atoms with E-state index in [2.05, 4.69) is 0 Å². The molecule has 0 N–H and O–H groups in total. The summed E-state index contributed by atoms with van der Waals surface area (Å²) in [6, 6.07) is 1.82. The summed E-state index contributed by atoms with van der Waals surface area (Å²) in [5.74, 6) is -4.33. The highest BCUT2D eigenvalue weighted by Crippen LogP contribution is 2.30. The van der Waals surface area contributed by atoms with Gasteiger partial charge in [0.1, 0.15) is 5.82 Å². The molecule has 0 amide bonds. The molecule has 1 aromatic carbocycles. The largest absolute Gasteiger partial charge is 0.272 e. The quantitative estimate of drug-likeness (QED) is 0.550. The first-order valence-corrected chi connectivity index (χ1v) is 3.64. The molecule has 0 heterocycles. The molecule has 0 bridgehead atoms. The third-order valence-electron chi connectivity index (χ3n) is 1.60. The summed E-state index contributed by atoms with van der Waals surface area (Å²) in [5, 5.41) is 10.2. The summed E-state index contributed by atoms with van der Waals surface area (Å²) in [7, 11) is 0. The summed E-state index contributed by atoms with van der Waals surface area (Å²) in [6.45, 7) is 0.547. The molecule has 0 saturated carbocycles. The van der Waals surface area contributed by atoms with Gasteiger partial charge in [0.2, 0.25) is 0 Å². The van der Waals surface area contributed by atoms with Gasteiger partial charge < -0.3 is 0 Å². The van der Waals surface area contributed by atoms with Crippen LogP contribution in [0.25, 0.3) is 0 Å². The van der Waals surface area contributed by atoms with Gasteiger partial charge in [0.25, 0.3) is 11.6 Å². The Morgan fingerprint density at radius 2 is 1.93 bits per heavy atom. The number of hydrogen-bond acceptors (Lipinski definition) is 2. The van der Waals surface area contributed by atoms with Gasteiger partial charge in [-0.05, 0) is 6.07 Å². The van der Waals surface area contributed by atoms with E-state index in [9.17, 15) is 23.3 Å². The summed E-state index contributed by atoms with van der Waals surface area (Å²) < 4.78 is 38.1. The highest BCUT2D eigenvalue weighted by molar-refractivity contribution is 5.36. The van der Waals surface area contributed by atoms with Crippen molar-refractivity contribution in [2.75, 3.05) is 0 Å². The van der Waals surface area contributed by atoms with Crippen LogP contribution in [0.3, 0.4) is 0 Å². The van der Waals surface area contributed by atoms with Crippen molar-refractivity contribution >= 4 is 5.69 Å². The second-order valence-corrected chi connectivity index (χ2v) is 2.84. The maximum Gasteiger partial charge on any atom is 0.272 e. The molecule has 0 unspecified atom stereocenters. The fourth-order valence-electron chi connectivity index (χ4n) is 0.933. The smallest absolute Gasteiger partial charge is 0.258 e. The van der Waals surface area contributed by atoms with Crippen LogP contribution >= 0.6 is 0 Å². The van der Waals surface area contributed by atoms with Crippen LogP contribution in [0.15, 0.2) is 18.2 Å². The third kappa shape index (κ3) is 2.21. The number of non-ortho nitro benzene ring substituents is 1. The molecule has 0 spiro atoms. The fraction of sp³-hybridized carbons (Fsp3) is 0.250. The Morgan fingerprint density at radius 3 is 2.36 bits per heavy atom. The molecule has 1 rings (SSSR count). The summed E-state index contributed by atoms with van der Waals surface area (Å²) in [4.78, 5) is 9.31. The van der Waals surface area contributed by atoms with E-state index in [1.165, 1.54) is 0 Å². The number of benzene rings is 1.